The zero-order valence-corrected chi connectivity index (χ0v) is 29.6. The largest absolute Gasteiger partial charge is 0.490 e. The van der Waals surface area contributed by atoms with Crippen LogP contribution in [0.3, 0.4) is 0 Å². The van der Waals surface area contributed by atoms with E-state index in [0.29, 0.717) is 35.1 Å². The number of hydrogen-bond acceptors (Lipinski definition) is 10. The van der Waals surface area contributed by atoms with E-state index in [2.05, 4.69) is 9.80 Å². The quantitative estimate of drug-likeness (QED) is 0.0576. The van der Waals surface area contributed by atoms with Crippen molar-refractivity contribution < 1.29 is 88.2 Å². The highest BCUT2D eigenvalue weighted by atomic mass is 19.4. The van der Waals surface area contributed by atoms with Gasteiger partial charge in [0.25, 0.3) is 0 Å². The van der Waals surface area contributed by atoms with Gasteiger partial charge in [-0.15, -0.1) is 0 Å². The number of amidine groups is 2. The molecule has 15 nitrogen and oxygen atoms in total. The number of benzene rings is 2. The summed E-state index contributed by atoms with van der Waals surface area (Å²) >= 11 is 0. The summed E-state index contributed by atoms with van der Waals surface area (Å²) in [5.41, 5.74) is 7.39. The van der Waals surface area contributed by atoms with Crippen LogP contribution in [0.15, 0.2) is 42.5 Å². The predicted molar refractivity (Wildman–Crippen MR) is 180 cm³/mol. The standard InChI is InChI=1S/C27H35N5O4.3C2HF3O2/c28-25(29)22-9-10-23(34-16-15-31-11-1-2-12-31)24(19-22)35-17-18-36-27(33)21-7-5-20(6-8-21)26(30)32-13-3-4-14-32;3*3-2(4,5)1(6)7/h5-10,19,30H,1-4,11-18H2,(H3,28,29);3*(H,6,7). The van der Waals surface area contributed by atoms with Crippen molar-refractivity contribution >= 4 is 35.5 Å². The van der Waals surface area contributed by atoms with Crippen molar-refractivity contribution in [1.29, 1.82) is 10.8 Å². The van der Waals surface area contributed by atoms with Crippen molar-refractivity contribution in [2.75, 3.05) is 52.5 Å². The van der Waals surface area contributed by atoms with Crippen molar-refractivity contribution in [1.82, 2.24) is 9.80 Å². The van der Waals surface area contributed by atoms with E-state index >= 15 is 0 Å². The zero-order valence-electron chi connectivity index (χ0n) is 29.6. The Morgan fingerprint density at radius 1 is 0.614 bits per heavy atom. The number of ether oxygens (including phenoxy) is 3. The Morgan fingerprint density at radius 2 is 1.02 bits per heavy atom. The lowest BCUT2D eigenvalue weighted by Crippen LogP contribution is -2.27. The molecule has 0 aromatic heterocycles. The Morgan fingerprint density at radius 3 is 1.46 bits per heavy atom. The fraction of sp³-hybridized carbons (Fsp3) is 0.455. The van der Waals surface area contributed by atoms with Gasteiger partial charge in [-0.3, -0.25) is 15.7 Å². The van der Waals surface area contributed by atoms with Crippen LogP contribution in [-0.4, -0.2) is 132 Å². The van der Waals surface area contributed by atoms with E-state index in [9.17, 15) is 44.3 Å². The van der Waals surface area contributed by atoms with Crippen LogP contribution >= 0.6 is 0 Å². The number of hydrogen-bond donors (Lipinski definition) is 6. The number of likely N-dealkylation sites (tertiary alicyclic amines) is 2. The molecule has 2 aromatic carbocycles. The molecule has 2 saturated heterocycles. The fourth-order valence-corrected chi connectivity index (χ4v) is 4.46. The second-order valence-electron chi connectivity index (χ2n) is 11.5. The van der Waals surface area contributed by atoms with Crippen LogP contribution in [0.4, 0.5) is 39.5 Å². The number of carboxylic acids is 3. The van der Waals surface area contributed by atoms with E-state index < -0.39 is 42.4 Å². The first kappa shape index (κ1) is 49.2. The minimum Gasteiger partial charge on any atom is -0.488 e. The number of carbonyl (C=O) groups excluding carboxylic acids is 1. The summed E-state index contributed by atoms with van der Waals surface area (Å²) in [7, 11) is 0. The molecule has 0 bridgehead atoms. The van der Waals surface area contributed by atoms with E-state index in [1.165, 1.54) is 12.8 Å². The van der Waals surface area contributed by atoms with Crippen LogP contribution in [-0.2, 0) is 19.1 Å². The van der Waals surface area contributed by atoms with Crippen LogP contribution in [0, 0.1) is 10.8 Å². The van der Waals surface area contributed by atoms with Gasteiger partial charge in [-0.05, 0) is 69.1 Å². The van der Waals surface area contributed by atoms with Crippen LogP contribution in [0.5, 0.6) is 11.5 Å². The third-order valence-electron chi connectivity index (χ3n) is 7.24. The summed E-state index contributed by atoms with van der Waals surface area (Å²) in [6.07, 6.45) is -10.6. The smallest absolute Gasteiger partial charge is 0.488 e. The summed E-state index contributed by atoms with van der Waals surface area (Å²) in [6, 6.07) is 12.1. The predicted octanol–water partition coefficient (Wildman–Crippen LogP) is 5.00. The lowest BCUT2D eigenvalue weighted by molar-refractivity contribution is -0.193. The molecule has 318 valence electrons. The molecule has 0 spiro atoms. The molecule has 2 aromatic rings. The molecule has 2 fully saturated rings. The van der Waals surface area contributed by atoms with Crippen molar-refractivity contribution in [3.8, 4) is 11.5 Å². The minimum atomic E-state index is -5.08. The maximum atomic E-state index is 12.5. The number of aliphatic carboxylic acids is 3. The average Bonchev–Trinajstić information content (AvgIpc) is 3.85. The summed E-state index contributed by atoms with van der Waals surface area (Å²) in [5, 5.41) is 37.4. The van der Waals surface area contributed by atoms with Crippen LogP contribution in [0.25, 0.3) is 0 Å². The van der Waals surface area contributed by atoms with Gasteiger partial charge >= 0.3 is 42.4 Å². The Kier molecular flexibility index (Phi) is 19.6. The van der Waals surface area contributed by atoms with E-state index in [-0.39, 0.29) is 19.0 Å². The van der Waals surface area contributed by atoms with Crippen molar-refractivity contribution in [2.45, 2.75) is 44.2 Å². The number of nitrogens with zero attached hydrogens (tertiary/aromatic N) is 2. The second kappa shape index (κ2) is 22.7. The highest BCUT2D eigenvalue weighted by Gasteiger charge is 2.39. The maximum Gasteiger partial charge on any atom is 0.490 e. The molecular formula is C33H38F9N5O10. The van der Waals surface area contributed by atoms with E-state index in [1.807, 2.05) is 0 Å². The molecule has 0 atom stereocenters. The van der Waals surface area contributed by atoms with E-state index in [4.69, 9.17) is 60.5 Å². The average molecular weight is 836 g/mol. The van der Waals surface area contributed by atoms with E-state index in [1.54, 1.807) is 42.5 Å². The summed E-state index contributed by atoms with van der Waals surface area (Å²) in [5.74, 6) is -7.25. The van der Waals surface area contributed by atoms with Gasteiger partial charge in [0.05, 0.1) is 5.56 Å². The molecule has 0 amide bonds. The third-order valence-corrected chi connectivity index (χ3v) is 7.24. The number of carboxylic acid groups (broad SMARTS) is 3. The number of halogens is 9. The molecule has 0 aliphatic carbocycles. The monoisotopic (exact) mass is 835 g/mol. The molecule has 57 heavy (non-hydrogen) atoms. The first-order valence-corrected chi connectivity index (χ1v) is 16.3. The van der Waals surface area contributed by atoms with Crippen LogP contribution in [0.2, 0.25) is 0 Å². The molecular weight excluding hydrogens is 797 g/mol. The van der Waals surface area contributed by atoms with Gasteiger partial charge in [0.1, 0.15) is 31.5 Å². The number of nitrogens with two attached hydrogens (primary N) is 1. The summed E-state index contributed by atoms with van der Waals surface area (Å²) in [4.78, 5) is 43.6. The minimum absolute atomic E-state index is 0.0572. The molecule has 2 heterocycles. The van der Waals surface area contributed by atoms with Crippen molar-refractivity contribution in [2.24, 2.45) is 5.73 Å². The summed E-state index contributed by atoms with van der Waals surface area (Å²) < 4.78 is 112. The first-order chi connectivity index (χ1) is 26.3. The number of rotatable bonds is 11. The molecule has 7 N–H and O–H groups in total. The van der Waals surface area contributed by atoms with Gasteiger partial charge < -0.3 is 40.2 Å². The Labute approximate surface area is 317 Å². The fourth-order valence-electron chi connectivity index (χ4n) is 4.46. The molecule has 4 rings (SSSR count). The lowest BCUT2D eigenvalue weighted by atomic mass is 10.1. The van der Waals surface area contributed by atoms with Gasteiger partial charge in [-0.2, -0.15) is 39.5 Å². The molecule has 2 aliphatic heterocycles. The summed E-state index contributed by atoms with van der Waals surface area (Å²) in [6.45, 7) is 5.59. The number of nitrogens with one attached hydrogen (secondary N) is 2. The molecule has 24 heteroatoms. The van der Waals surface area contributed by atoms with Gasteiger partial charge in [0.2, 0.25) is 0 Å². The molecule has 2 aliphatic rings. The second-order valence-corrected chi connectivity index (χ2v) is 11.5. The Balaban J connectivity index is 0.000000632. The Hall–Kier alpha value is -5.81. The maximum absolute atomic E-state index is 12.5. The highest BCUT2D eigenvalue weighted by molar-refractivity contribution is 5.98. The number of nitrogen functional groups attached to an aromatic ring is 1. The number of carbonyl (C=O) groups is 4. The normalized spacial score (nSPS) is 14.0. The topological polar surface area (TPSA) is 237 Å². The van der Waals surface area contributed by atoms with Gasteiger partial charge in [-0.25, -0.2) is 19.2 Å². The third kappa shape index (κ3) is 19.1. The molecule has 0 radical (unpaired) electrons. The molecule has 0 saturated carbocycles. The Bertz CT molecular complexity index is 1600. The molecule has 0 unspecified atom stereocenters. The van der Waals surface area contributed by atoms with E-state index in [0.717, 1.165) is 51.1 Å². The van der Waals surface area contributed by atoms with Gasteiger partial charge in [0, 0.05) is 30.8 Å². The number of esters is 1. The van der Waals surface area contributed by atoms with Gasteiger partial charge in [0.15, 0.2) is 11.5 Å². The highest BCUT2D eigenvalue weighted by Crippen LogP contribution is 2.29. The van der Waals surface area contributed by atoms with Crippen LogP contribution < -0.4 is 15.2 Å². The lowest BCUT2D eigenvalue weighted by Gasteiger charge is -2.18. The van der Waals surface area contributed by atoms with Crippen molar-refractivity contribution in [3.63, 3.8) is 0 Å². The van der Waals surface area contributed by atoms with Crippen LogP contribution in [0.1, 0.15) is 47.2 Å². The number of alkyl halides is 9. The van der Waals surface area contributed by atoms with Gasteiger partial charge in [-0.1, -0.05) is 12.1 Å². The van der Waals surface area contributed by atoms with Crippen molar-refractivity contribution in [3.05, 3.63) is 59.2 Å². The zero-order chi connectivity index (χ0) is 43.6. The SMILES string of the molecule is N=C(N)c1ccc(OCCN2CCCC2)c(OCCOC(=O)c2ccc(C(=N)N3CCCC3)cc2)c1.O=C(O)C(F)(F)F.O=C(O)C(F)(F)F.O=C(O)C(F)(F)F. The first-order valence-electron chi connectivity index (χ1n) is 16.3.